The summed E-state index contributed by atoms with van der Waals surface area (Å²) < 4.78 is 16.5. The third-order valence-corrected chi connectivity index (χ3v) is 4.39. The van der Waals surface area contributed by atoms with Crippen LogP contribution in [0, 0.1) is 12.8 Å². The van der Waals surface area contributed by atoms with Crippen LogP contribution in [0.25, 0.3) is 22.1 Å². The smallest absolute Gasteiger partial charge is 0.347 e. The van der Waals surface area contributed by atoms with Crippen molar-refractivity contribution in [2.75, 3.05) is 6.61 Å². The van der Waals surface area contributed by atoms with Crippen LogP contribution in [0.15, 0.2) is 57.7 Å². The molecule has 5 nitrogen and oxygen atoms in total. The van der Waals surface area contributed by atoms with Gasteiger partial charge in [0.1, 0.15) is 11.3 Å². The average Bonchev–Trinajstić information content (AvgIpc) is 2.68. The van der Waals surface area contributed by atoms with Gasteiger partial charge in [0, 0.05) is 17.0 Å². The van der Waals surface area contributed by atoms with Gasteiger partial charge in [-0.05, 0) is 43.0 Å². The maximum Gasteiger partial charge on any atom is 0.347 e. The second kappa shape index (κ2) is 8.30. The zero-order valence-corrected chi connectivity index (χ0v) is 16.5. The quantitative estimate of drug-likeness (QED) is 0.457. The molecular formula is C23H24O5. The van der Waals surface area contributed by atoms with E-state index in [4.69, 9.17) is 13.9 Å². The van der Waals surface area contributed by atoms with Crippen LogP contribution in [0.2, 0.25) is 0 Å². The summed E-state index contributed by atoms with van der Waals surface area (Å²) in [4.78, 5) is 24.2. The van der Waals surface area contributed by atoms with Crippen LogP contribution in [-0.2, 0) is 9.53 Å². The molecule has 1 aromatic heterocycles. The first-order valence-corrected chi connectivity index (χ1v) is 9.33. The zero-order chi connectivity index (χ0) is 20.3. The molecule has 28 heavy (non-hydrogen) atoms. The van der Waals surface area contributed by atoms with E-state index in [0.717, 1.165) is 16.5 Å². The molecule has 1 atom stereocenters. The highest BCUT2D eigenvalue weighted by Gasteiger charge is 2.20. The normalized spacial score (nSPS) is 12.2. The van der Waals surface area contributed by atoms with Crippen molar-refractivity contribution in [3.63, 3.8) is 0 Å². The lowest BCUT2D eigenvalue weighted by Crippen LogP contribution is -2.27. The Bertz CT molecular complexity index is 1030. The fourth-order valence-corrected chi connectivity index (χ4v) is 2.93. The van der Waals surface area contributed by atoms with E-state index in [1.54, 1.807) is 13.0 Å². The van der Waals surface area contributed by atoms with Crippen LogP contribution in [0.4, 0.5) is 0 Å². The predicted molar refractivity (Wildman–Crippen MR) is 109 cm³/mol. The number of fused-ring (bicyclic) bond motifs is 1. The average molecular weight is 380 g/mol. The molecule has 3 rings (SSSR count). The maximum atomic E-state index is 12.1. The van der Waals surface area contributed by atoms with Crippen LogP contribution in [0.3, 0.4) is 0 Å². The first-order valence-electron chi connectivity index (χ1n) is 9.33. The van der Waals surface area contributed by atoms with Crippen molar-refractivity contribution in [3.8, 4) is 16.9 Å². The van der Waals surface area contributed by atoms with Crippen LogP contribution in [0.1, 0.15) is 26.3 Å². The lowest BCUT2D eigenvalue weighted by atomic mass is 10.00. The van der Waals surface area contributed by atoms with Crippen LogP contribution < -0.4 is 10.4 Å². The molecule has 1 heterocycles. The van der Waals surface area contributed by atoms with E-state index < -0.39 is 17.7 Å². The van der Waals surface area contributed by atoms with Crippen molar-refractivity contribution < 1.29 is 18.7 Å². The summed E-state index contributed by atoms with van der Waals surface area (Å²) in [6.07, 6.45) is -0.765. The highest BCUT2D eigenvalue weighted by molar-refractivity contribution is 5.95. The molecule has 0 bridgehead atoms. The summed E-state index contributed by atoms with van der Waals surface area (Å²) in [5.41, 5.74) is 2.41. The van der Waals surface area contributed by atoms with Gasteiger partial charge in [-0.25, -0.2) is 9.59 Å². The molecule has 0 radical (unpaired) electrons. The molecule has 0 aliphatic carbocycles. The van der Waals surface area contributed by atoms with Gasteiger partial charge in [0.2, 0.25) is 0 Å². The highest BCUT2D eigenvalue weighted by atomic mass is 16.6. The minimum atomic E-state index is -0.765. The summed E-state index contributed by atoms with van der Waals surface area (Å²) in [6.45, 7) is 7.74. The summed E-state index contributed by atoms with van der Waals surface area (Å²) in [6, 6.07) is 14.8. The van der Waals surface area contributed by atoms with E-state index >= 15 is 0 Å². The minimum Gasteiger partial charge on any atom is -0.479 e. The summed E-state index contributed by atoms with van der Waals surface area (Å²) >= 11 is 0. The molecule has 1 unspecified atom stereocenters. The Labute approximate surface area is 163 Å². The second-order valence-electron chi connectivity index (χ2n) is 7.19. The van der Waals surface area contributed by atoms with Gasteiger partial charge >= 0.3 is 11.6 Å². The Morgan fingerprint density at radius 1 is 1.07 bits per heavy atom. The maximum absolute atomic E-state index is 12.1. The number of esters is 1. The molecule has 0 aliphatic rings. The first kappa shape index (κ1) is 19.7. The molecular weight excluding hydrogens is 356 g/mol. The molecule has 146 valence electrons. The molecule has 0 fully saturated rings. The lowest BCUT2D eigenvalue weighted by Gasteiger charge is -2.17. The molecule has 2 aromatic carbocycles. The first-order chi connectivity index (χ1) is 13.4. The Balaban J connectivity index is 1.96. The van der Waals surface area contributed by atoms with Crippen molar-refractivity contribution in [3.05, 3.63) is 64.5 Å². The van der Waals surface area contributed by atoms with Gasteiger partial charge in [-0.2, -0.15) is 0 Å². The fraction of sp³-hybridized carbons (Fsp3) is 0.304. The second-order valence-corrected chi connectivity index (χ2v) is 7.19. The zero-order valence-electron chi connectivity index (χ0n) is 16.5. The van der Waals surface area contributed by atoms with Crippen LogP contribution >= 0.6 is 0 Å². The molecule has 0 amide bonds. The van der Waals surface area contributed by atoms with E-state index in [1.807, 2.05) is 57.2 Å². The number of hydrogen-bond acceptors (Lipinski definition) is 5. The third-order valence-electron chi connectivity index (χ3n) is 4.39. The van der Waals surface area contributed by atoms with Gasteiger partial charge in [-0.1, -0.05) is 44.2 Å². The summed E-state index contributed by atoms with van der Waals surface area (Å²) in [5.74, 6) is 0.312. The van der Waals surface area contributed by atoms with Gasteiger partial charge in [-0.3, -0.25) is 0 Å². The Kier molecular flexibility index (Phi) is 5.83. The van der Waals surface area contributed by atoms with Gasteiger partial charge in [0.25, 0.3) is 0 Å². The molecule has 0 N–H and O–H groups in total. The third kappa shape index (κ3) is 4.25. The van der Waals surface area contributed by atoms with Crippen molar-refractivity contribution in [1.29, 1.82) is 0 Å². The Hall–Kier alpha value is -3.08. The molecule has 0 aliphatic heterocycles. The Morgan fingerprint density at radius 3 is 2.46 bits per heavy atom. The van der Waals surface area contributed by atoms with Gasteiger partial charge in [-0.15, -0.1) is 0 Å². The summed E-state index contributed by atoms with van der Waals surface area (Å²) in [7, 11) is 0. The van der Waals surface area contributed by atoms with Gasteiger partial charge in [0.15, 0.2) is 6.10 Å². The predicted octanol–water partition coefficient (Wildman–Crippen LogP) is 4.73. The topological polar surface area (TPSA) is 65.7 Å². The molecule has 3 aromatic rings. The SMILES string of the molecule is Cc1c(OC(C)C(=O)OCC(C)C)ccc2c(-c3ccccc3)cc(=O)oc12. The van der Waals surface area contributed by atoms with Crippen LogP contribution in [-0.4, -0.2) is 18.7 Å². The number of rotatable bonds is 6. The van der Waals surface area contributed by atoms with Gasteiger partial charge < -0.3 is 13.9 Å². The van der Waals surface area contributed by atoms with Crippen LogP contribution in [0.5, 0.6) is 5.75 Å². The molecule has 0 spiro atoms. The van der Waals surface area contributed by atoms with Crippen molar-refractivity contribution in [2.45, 2.75) is 33.8 Å². The van der Waals surface area contributed by atoms with Crippen molar-refractivity contribution >= 4 is 16.9 Å². The highest BCUT2D eigenvalue weighted by Crippen LogP contribution is 2.33. The monoisotopic (exact) mass is 380 g/mol. The largest absolute Gasteiger partial charge is 0.479 e. The number of carbonyl (C=O) groups is 1. The van der Waals surface area contributed by atoms with E-state index in [2.05, 4.69) is 0 Å². The van der Waals surface area contributed by atoms with E-state index in [1.165, 1.54) is 6.07 Å². The number of ether oxygens (including phenoxy) is 2. The fourth-order valence-electron chi connectivity index (χ4n) is 2.93. The van der Waals surface area contributed by atoms with Gasteiger partial charge in [0.05, 0.1) is 6.61 Å². The standard InChI is InChI=1S/C23H24O5/c1-14(2)13-26-23(25)16(4)27-20-11-10-18-19(17-8-6-5-7-9-17)12-21(24)28-22(18)15(20)3/h5-12,14,16H,13H2,1-4H3. The summed E-state index contributed by atoms with van der Waals surface area (Å²) in [5, 5.41) is 0.811. The van der Waals surface area contributed by atoms with E-state index in [-0.39, 0.29) is 5.92 Å². The van der Waals surface area contributed by atoms with Crippen molar-refractivity contribution in [2.24, 2.45) is 5.92 Å². The number of carbonyl (C=O) groups excluding carboxylic acids is 1. The minimum absolute atomic E-state index is 0.254. The van der Waals surface area contributed by atoms with Crippen molar-refractivity contribution in [1.82, 2.24) is 0 Å². The number of hydrogen-bond donors (Lipinski definition) is 0. The molecule has 5 heteroatoms. The lowest BCUT2D eigenvalue weighted by molar-refractivity contribution is -0.152. The Morgan fingerprint density at radius 2 is 1.79 bits per heavy atom. The molecule has 0 saturated heterocycles. The number of aryl methyl sites for hydroxylation is 1. The van der Waals surface area contributed by atoms with E-state index in [0.29, 0.717) is 23.5 Å². The van der Waals surface area contributed by atoms with E-state index in [9.17, 15) is 9.59 Å². The number of benzene rings is 2. The molecule has 0 saturated carbocycles.